The van der Waals surface area contributed by atoms with E-state index in [0.717, 1.165) is 36.1 Å². The predicted octanol–water partition coefficient (Wildman–Crippen LogP) is 6.11. The van der Waals surface area contributed by atoms with Crippen LogP contribution in [0.5, 0.6) is 5.75 Å². The van der Waals surface area contributed by atoms with Crippen molar-refractivity contribution in [3.63, 3.8) is 0 Å². The third-order valence-electron chi connectivity index (χ3n) is 6.34. The molecule has 2 N–H and O–H groups in total. The molecule has 0 saturated heterocycles. The van der Waals surface area contributed by atoms with Crippen molar-refractivity contribution in [1.82, 2.24) is 5.32 Å². The Kier molecular flexibility index (Phi) is 7.65. The Balaban J connectivity index is 0.00000289. The summed E-state index contributed by atoms with van der Waals surface area (Å²) < 4.78 is 35.4. The molecule has 4 aromatic rings. The second-order valence-electron chi connectivity index (χ2n) is 8.72. The average Bonchev–Trinajstić information content (AvgIpc) is 2.87. The summed E-state index contributed by atoms with van der Waals surface area (Å²) in [5.74, 6) is 0.739. The normalized spacial score (nSPS) is 16.0. The van der Waals surface area contributed by atoms with Crippen LogP contribution in [-0.4, -0.2) is 21.1 Å². The van der Waals surface area contributed by atoms with Crippen molar-refractivity contribution in [1.29, 1.82) is 0 Å². The summed E-state index contributed by atoms with van der Waals surface area (Å²) >= 11 is 0. The van der Waals surface area contributed by atoms with Gasteiger partial charge in [-0.3, -0.25) is 4.72 Å². The second-order valence-corrected chi connectivity index (χ2v) is 10.4. The van der Waals surface area contributed by atoms with Gasteiger partial charge in [0.2, 0.25) is 0 Å². The lowest BCUT2D eigenvalue weighted by molar-refractivity contribution is 0.167. The van der Waals surface area contributed by atoms with Crippen LogP contribution >= 0.6 is 12.4 Å². The zero-order valence-electron chi connectivity index (χ0n) is 19.5. The molecule has 0 spiro atoms. The zero-order valence-corrected chi connectivity index (χ0v) is 21.1. The Labute approximate surface area is 213 Å². The molecule has 0 bridgehead atoms. The molecule has 182 valence electrons. The largest absolute Gasteiger partial charge is 0.489 e. The van der Waals surface area contributed by atoms with Crippen LogP contribution < -0.4 is 14.8 Å². The monoisotopic (exact) mass is 508 g/mol. The standard InChI is InChI=1S/C28H28N2O3S.ClH/c1-20(21-8-3-2-4-9-21)29-19-25-17-15-23-14-16-24(18-27(23)33-25)30-34(31,32)28-13-7-11-22-10-5-6-12-26(22)28;/h2-14,16,18,20,25,29-30H,15,17,19H2,1H3;1H/t20-,25+;/m1./s1. The van der Waals surface area contributed by atoms with Gasteiger partial charge in [0.25, 0.3) is 10.0 Å². The van der Waals surface area contributed by atoms with Gasteiger partial charge >= 0.3 is 0 Å². The van der Waals surface area contributed by atoms with Crippen LogP contribution in [0.4, 0.5) is 5.69 Å². The molecule has 4 aromatic carbocycles. The average molecular weight is 509 g/mol. The highest BCUT2D eigenvalue weighted by Crippen LogP contribution is 2.32. The first-order chi connectivity index (χ1) is 16.5. The first kappa shape index (κ1) is 25.0. The van der Waals surface area contributed by atoms with Crippen LogP contribution in [0.3, 0.4) is 0 Å². The van der Waals surface area contributed by atoms with Gasteiger partial charge in [-0.2, -0.15) is 0 Å². The molecule has 2 atom stereocenters. The van der Waals surface area contributed by atoms with E-state index >= 15 is 0 Å². The molecule has 0 radical (unpaired) electrons. The summed E-state index contributed by atoms with van der Waals surface area (Å²) in [6, 6.07) is 28.9. The number of benzene rings is 4. The lowest BCUT2D eigenvalue weighted by atomic mass is 10.0. The van der Waals surface area contributed by atoms with Gasteiger partial charge in [0.15, 0.2) is 0 Å². The summed E-state index contributed by atoms with van der Waals surface area (Å²) in [6.07, 6.45) is 1.85. The SMILES string of the molecule is C[C@@H](NC[C@@H]1CCc2ccc(NS(=O)(=O)c3cccc4ccccc34)cc2O1)c1ccccc1.Cl. The zero-order chi connectivity index (χ0) is 23.5. The van der Waals surface area contributed by atoms with Crippen molar-refractivity contribution in [2.45, 2.75) is 36.8 Å². The minimum Gasteiger partial charge on any atom is -0.489 e. The van der Waals surface area contributed by atoms with Crippen LogP contribution in [-0.2, 0) is 16.4 Å². The van der Waals surface area contributed by atoms with Gasteiger partial charge < -0.3 is 10.1 Å². The number of aryl methyl sites for hydroxylation is 1. The highest BCUT2D eigenvalue weighted by molar-refractivity contribution is 7.93. The molecule has 0 amide bonds. The van der Waals surface area contributed by atoms with Crippen molar-refractivity contribution in [2.75, 3.05) is 11.3 Å². The van der Waals surface area contributed by atoms with E-state index in [0.29, 0.717) is 11.1 Å². The van der Waals surface area contributed by atoms with Crippen molar-refractivity contribution in [3.05, 3.63) is 102 Å². The topological polar surface area (TPSA) is 67.4 Å². The molecule has 0 aromatic heterocycles. The summed E-state index contributed by atoms with van der Waals surface area (Å²) in [5.41, 5.74) is 2.84. The van der Waals surface area contributed by atoms with Crippen LogP contribution in [0.2, 0.25) is 0 Å². The van der Waals surface area contributed by atoms with E-state index in [2.05, 4.69) is 29.1 Å². The van der Waals surface area contributed by atoms with Gasteiger partial charge in [-0.15, -0.1) is 12.4 Å². The Bertz CT molecular complexity index is 1410. The minimum absolute atomic E-state index is 0. The number of nitrogens with one attached hydrogen (secondary N) is 2. The Morgan fingerprint density at radius 1 is 0.943 bits per heavy atom. The van der Waals surface area contributed by atoms with E-state index in [4.69, 9.17) is 4.74 Å². The summed E-state index contributed by atoms with van der Waals surface area (Å²) in [6.45, 7) is 2.87. The highest BCUT2D eigenvalue weighted by atomic mass is 35.5. The fraction of sp³-hybridized carbons (Fsp3) is 0.214. The van der Waals surface area contributed by atoms with Crippen LogP contribution in [0.1, 0.15) is 30.5 Å². The molecule has 0 saturated carbocycles. The third-order valence-corrected chi connectivity index (χ3v) is 7.78. The lowest BCUT2D eigenvalue weighted by Gasteiger charge is -2.28. The molecular weight excluding hydrogens is 480 g/mol. The van der Waals surface area contributed by atoms with E-state index < -0.39 is 10.0 Å². The maximum absolute atomic E-state index is 13.2. The molecule has 5 nitrogen and oxygen atoms in total. The maximum Gasteiger partial charge on any atom is 0.262 e. The number of anilines is 1. The van der Waals surface area contributed by atoms with Crippen molar-refractivity contribution in [3.8, 4) is 5.75 Å². The molecule has 35 heavy (non-hydrogen) atoms. The van der Waals surface area contributed by atoms with E-state index in [1.165, 1.54) is 5.56 Å². The van der Waals surface area contributed by atoms with E-state index in [1.54, 1.807) is 24.3 Å². The van der Waals surface area contributed by atoms with Gasteiger partial charge in [0, 0.05) is 24.0 Å². The molecule has 1 aliphatic rings. The second kappa shape index (κ2) is 10.7. The quantitative estimate of drug-likeness (QED) is 0.316. The first-order valence-electron chi connectivity index (χ1n) is 11.6. The molecule has 1 aliphatic heterocycles. The van der Waals surface area contributed by atoms with Crippen molar-refractivity contribution in [2.24, 2.45) is 0 Å². The number of hydrogen-bond acceptors (Lipinski definition) is 4. The molecule has 7 heteroatoms. The summed E-state index contributed by atoms with van der Waals surface area (Å²) in [7, 11) is -3.75. The molecule has 0 fully saturated rings. The summed E-state index contributed by atoms with van der Waals surface area (Å²) in [4.78, 5) is 0.265. The molecular formula is C28H29ClN2O3S. The molecule has 0 aliphatic carbocycles. The number of hydrogen-bond donors (Lipinski definition) is 2. The van der Waals surface area contributed by atoms with E-state index in [1.807, 2.05) is 54.6 Å². The van der Waals surface area contributed by atoms with Crippen molar-refractivity contribution >= 4 is 38.9 Å². The number of fused-ring (bicyclic) bond motifs is 2. The Morgan fingerprint density at radius 2 is 1.69 bits per heavy atom. The van der Waals surface area contributed by atoms with Crippen LogP contribution in [0.15, 0.2) is 95.9 Å². The highest BCUT2D eigenvalue weighted by Gasteiger charge is 2.22. The minimum atomic E-state index is -3.75. The number of sulfonamides is 1. The molecule has 5 rings (SSSR count). The van der Waals surface area contributed by atoms with Gasteiger partial charge in [0.1, 0.15) is 11.9 Å². The van der Waals surface area contributed by atoms with Gasteiger partial charge in [-0.05, 0) is 48.4 Å². The fourth-order valence-corrected chi connectivity index (χ4v) is 5.72. The fourth-order valence-electron chi connectivity index (χ4n) is 4.44. The van der Waals surface area contributed by atoms with E-state index in [9.17, 15) is 8.42 Å². The number of halogens is 1. The van der Waals surface area contributed by atoms with E-state index in [-0.39, 0.29) is 29.4 Å². The Hall–Kier alpha value is -3.06. The lowest BCUT2D eigenvalue weighted by Crippen LogP contribution is -2.35. The van der Waals surface area contributed by atoms with Gasteiger partial charge in [0.05, 0.1) is 10.6 Å². The van der Waals surface area contributed by atoms with Gasteiger partial charge in [-0.1, -0.05) is 72.8 Å². The van der Waals surface area contributed by atoms with Crippen LogP contribution in [0, 0.1) is 0 Å². The van der Waals surface area contributed by atoms with Crippen LogP contribution in [0.25, 0.3) is 10.8 Å². The van der Waals surface area contributed by atoms with Crippen molar-refractivity contribution < 1.29 is 13.2 Å². The maximum atomic E-state index is 13.2. The smallest absolute Gasteiger partial charge is 0.262 e. The Morgan fingerprint density at radius 3 is 2.51 bits per heavy atom. The first-order valence-corrected chi connectivity index (χ1v) is 13.1. The third kappa shape index (κ3) is 5.61. The molecule has 1 heterocycles. The molecule has 0 unspecified atom stereocenters. The van der Waals surface area contributed by atoms with Gasteiger partial charge in [-0.25, -0.2) is 8.42 Å². The number of rotatable bonds is 7. The predicted molar refractivity (Wildman–Crippen MR) is 144 cm³/mol. The number of ether oxygens (including phenoxy) is 1. The summed E-state index contributed by atoms with van der Waals surface area (Å²) in [5, 5.41) is 5.14.